The number of carbonyl (C=O) groups is 1. The standard InChI is InChI=1S/C17H24N2O3S/c1-21-13-5-6-14(15(11-13)22-2)17-19(16(20)12-23-17)10-9-18-7-3-4-8-18/h5-6,11,17H,3-4,7-10,12H2,1-2H3. The predicted molar refractivity (Wildman–Crippen MR) is 92.1 cm³/mol. The van der Waals surface area contributed by atoms with Crippen LogP contribution in [-0.4, -0.2) is 61.9 Å². The molecule has 1 atom stereocenters. The Hall–Kier alpha value is -1.40. The lowest BCUT2D eigenvalue weighted by molar-refractivity contribution is -0.128. The van der Waals surface area contributed by atoms with Gasteiger partial charge in [-0.25, -0.2) is 0 Å². The molecular weight excluding hydrogens is 312 g/mol. The van der Waals surface area contributed by atoms with Crippen molar-refractivity contribution in [2.24, 2.45) is 0 Å². The van der Waals surface area contributed by atoms with E-state index in [4.69, 9.17) is 9.47 Å². The molecule has 0 spiro atoms. The number of ether oxygens (including phenoxy) is 2. The van der Waals surface area contributed by atoms with Gasteiger partial charge in [0.25, 0.3) is 0 Å². The number of hydrogen-bond donors (Lipinski definition) is 0. The van der Waals surface area contributed by atoms with Crippen molar-refractivity contribution in [3.63, 3.8) is 0 Å². The molecule has 3 rings (SSSR count). The topological polar surface area (TPSA) is 42.0 Å². The highest BCUT2D eigenvalue weighted by molar-refractivity contribution is 8.00. The van der Waals surface area contributed by atoms with Crippen LogP contribution in [-0.2, 0) is 4.79 Å². The predicted octanol–water partition coefficient (Wildman–Crippen LogP) is 2.37. The fraction of sp³-hybridized carbons (Fsp3) is 0.588. The van der Waals surface area contributed by atoms with Crippen LogP contribution in [0.4, 0.5) is 0 Å². The lowest BCUT2D eigenvalue weighted by atomic mass is 10.1. The lowest BCUT2D eigenvalue weighted by Gasteiger charge is -2.27. The molecule has 126 valence electrons. The Kier molecular flexibility index (Phi) is 5.33. The molecule has 1 unspecified atom stereocenters. The summed E-state index contributed by atoms with van der Waals surface area (Å²) in [5.41, 5.74) is 1.05. The second-order valence-electron chi connectivity index (χ2n) is 5.91. The van der Waals surface area contributed by atoms with Crippen molar-refractivity contribution in [1.29, 1.82) is 0 Å². The third-order valence-corrected chi connectivity index (χ3v) is 5.77. The van der Waals surface area contributed by atoms with Gasteiger partial charge in [-0.15, -0.1) is 11.8 Å². The van der Waals surface area contributed by atoms with E-state index in [0.717, 1.165) is 43.2 Å². The summed E-state index contributed by atoms with van der Waals surface area (Å²) in [6.45, 7) is 4.06. The summed E-state index contributed by atoms with van der Waals surface area (Å²) in [5.74, 6) is 2.31. The van der Waals surface area contributed by atoms with E-state index in [0.29, 0.717) is 5.75 Å². The number of nitrogens with zero attached hydrogens (tertiary/aromatic N) is 2. The minimum Gasteiger partial charge on any atom is -0.497 e. The van der Waals surface area contributed by atoms with E-state index in [1.54, 1.807) is 26.0 Å². The van der Waals surface area contributed by atoms with Gasteiger partial charge in [-0.05, 0) is 38.1 Å². The van der Waals surface area contributed by atoms with Gasteiger partial charge in [0.2, 0.25) is 5.91 Å². The number of methoxy groups -OCH3 is 2. The molecule has 0 bridgehead atoms. The van der Waals surface area contributed by atoms with Crippen LogP contribution in [0.25, 0.3) is 0 Å². The zero-order valence-electron chi connectivity index (χ0n) is 13.8. The second-order valence-corrected chi connectivity index (χ2v) is 6.98. The van der Waals surface area contributed by atoms with Crippen LogP contribution >= 0.6 is 11.8 Å². The molecular formula is C17H24N2O3S. The van der Waals surface area contributed by atoms with Crippen LogP contribution in [0.15, 0.2) is 18.2 Å². The monoisotopic (exact) mass is 336 g/mol. The molecule has 2 saturated heterocycles. The number of benzene rings is 1. The van der Waals surface area contributed by atoms with Crippen LogP contribution in [0.1, 0.15) is 23.8 Å². The molecule has 2 heterocycles. The molecule has 23 heavy (non-hydrogen) atoms. The Balaban J connectivity index is 1.75. The number of likely N-dealkylation sites (tertiary alicyclic amines) is 1. The molecule has 0 aliphatic carbocycles. The van der Waals surface area contributed by atoms with E-state index in [-0.39, 0.29) is 11.3 Å². The van der Waals surface area contributed by atoms with Crippen molar-refractivity contribution in [1.82, 2.24) is 9.80 Å². The van der Waals surface area contributed by atoms with Gasteiger partial charge in [0.15, 0.2) is 0 Å². The molecule has 5 nitrogen and oxygen atoms in total. The average Bonchev–Trinajstić information content (AvgIpc) is 3.22. The first-order valence-corrected chi connectivity index (χ1v) is 9.13. The minimum atomic E-state index is 0.0333. The number of rotatable bonds is 6. The van der Waals surface area contributed by atoms with Gasteiger partial charge < -0.3 is 19.3 Å². The van der Waals surface area contributed by atoms with Crippen molar-refractivity contribution in [2.45, 2.75) is 18.2 Å². The molecule has 1 aromatic carbocycles. The molecule has 0 aromatic heterocycles. The number of amides is 1. The summed E-state index contributed by atoms with van der Waals surface area (Å²) in [7, 11) is 3.30. The summed E-state index contributed by atoms with van der Waals surface area (Å²) < 4.78 is 10.8. The Morgan fingerprint density at radius 3 is 2.65 bits per heavy atom. The van der Waals surface area contributed by atoms with E-state index in [1.807, 2.05) is 23.1 Å². The first-order valence-electron chi connectivity index (χ1n) is 8.08. The first kappa shape index (κ1) is 16.5. The van der Waals surface area contributed by atoms with E-state index in [1.165, 1.54) is 12.8 Å². The van der Waals surface area contributed by atoms with Crippen molar-refractivity contribution in [2.75, 3.05) is 46.2 Å². The van der Waals surface area contributed by atoms with Crippen LogP contribution in [0.2, 0.25) is 0 Å². The fourth-order valence-electron chi connectivity index (χ4n) is 3.23. The Morgan fingerprint density at radius 2 is 1.96 bits per heavy atom. The molecule has 1 amide bonds. The quantitative estimate of drug-likeness (QED) is 0.798. The van der Waals surface area contributed by atoms with Crippen LogP contribution in [0, 0.1) is 0 Å². The number of carbonyl (C=O) groups excluding carboxylic acids is 1. The minimum absolute atomic E-state index is 0.0333. The van der Waals surface area contributed by atoms with Crippen LogP contribution < -0.4 is 9.47 Å². The molecule has 0 radical (unpaired) electrons. The van der Waals surface area contributed by atoms with Crippen molar-refractivity contribution >= 4 is 17.7 Å². The lowest BCUT2D eigenvalue weighted by Crippen LogP contribution is -2.36. The normalized spacial score (nSPS) is 21.9. The Morgan fingerprint density at radius 1 is 1.17 bits per heavy atom. The van der Waals surface area contributed by atoms with Gasteiger partial charge in [0.1, 0.15) is 16.9 Å². The SMILES string of the molecule is COc1ccc(C2SCC(=O)N2CCN2CCCC2)c(OC)c1. The number of hydrogen-bond acceptors (Lipinski definition) is 5. The molecule has 1 aromatic rings. The van der Waals surface area contributed by atoms with Gasteiger partial charge in [-0.1, -0.05) is 0 Å². The van der Waals surface area contributed by atoms with Gasteiger partial charge in [-0.2, -0.15) is 0 Å². The van der Waals surface area contributed by atoms with Crippen molar-refractivity contribution in [3.8, 4) is 11.5 Å². The third-order valence-electron chi connectivity index (χ3n) is 4.53. The van der Waals surface area contributed by atoms with Gasteiger partial charge >= 0.3 is 0 Å². The molecule has 2 aliphatic heterocycles. The summed E-state index contributed by atoms with van der Waals surface area (Å²) in [6.07, 6.45) is 2.55. The fourth-order valence-corrected chi connectivity index (χ4v) is 4.47. The maximum atomic E-state index is 12.3. The summed E-state index contributed by atoms with van der Waals surface area (Å²) in [5, 5.41) is 0.0333. The van der Waals surface area contributed by atoms with Gasteiger partial charge in [0, 0.05) is 24.7 Å². The highest BCUT2D eigenvalue weighted by atomic mass is 32.2. The molecule has 0 N–H and O–H groups in total. The van der Waals surface area contributed by atoms with E-state index < -0.39 is 0 Å². The average molecular weight is 336 g/mol. The van der Waals surface area contributed by atoms with Crippen LogP contribution in [0.5, 0.6) is 11.5 Å². The van der Waals surface area contributed by atoms with Crippen LogP contribution in [0.3, 0.4) is 0 Å². The Labute approximate surface area is 141 Å². The van der Waals surface area contributed by atoms with Crippen molar-refractivity contribution < 1.29 is 14.3 Å². The molecule has 2 aliphatic rings. The molecule has 2 fully saturated rings. The zero-order valence-corrected chi connectivity index (χ0v) is 14.6. The first-order chi connectivity index (χ1) is 11.2. The highest BCUT2D eigenvalue weighted by Gasteiger charge is 2.34. The van der Waals surface area contributed by atoms with E-state index >= 15 is 0 Å². The molecule has 0 saturated carbocycles. The van der Waals surface area contributed by atoms with Gasteiger partial charge in [-0.3, -0.25) is 4.79 Å². The van der Waals surface area contributed by atoms with E-state index in [2.05, 4.69) is 4.90 Å². The Bertz CT molecular complexity index is 561. The van der Waals surface area contributed by atoms with E-state index in [9.17, 15) is 4.79 Å². The smallest absolute Gasteiger partial charge is 0.233 e. The number of thioether (sulfide) groups is 1. The maximum Gasteiger partial charge on any atom is 0.233 e. The second kappa shape index (κ2) is 7.45. The molecule has 6 heteroatoms. The zero-order chi connectivity index (χ0) is 16.2. The third kappa shape index (κ3) is 3.58. The summed E-state index contributed by atoms with van der Waals surface area (Å²) in [6, 6.07) is 5.83. The maximum absolute atomic E-state index is 12.3. The summed E-state index contributed by atoms with van der Waals surface area (Å²) >= 11 is 1.67. The largest absolute Gasteiger partial charge is 0.497 e. The highest BCUT2D eigenvalue weighted by Crippen LogP contribution is 2.43. The summed E-state index contributed by atoms with van der Waals surface area (Å²) in [4.78, 5) is 16.7. The van der Waals surface area contributed by atoms with Crippen molar-refractivity contribution in [3.05, 3.63) is 23.8 Å². The van der Waals surface area contributed by atoms with Gasteiger partial charge in [0.05, 0.1) is 20.0 Å².